The first-order chi connectivity index (χ1) is 13.2. The molecule has 0 unspecified atom stereocenters. The number of carbonyl (C=O) groups is 1. The normalized spacial score (nSPS) is 13.7. The molecule has 3 aromatic rings. The van der Waals surface area contributed by atoms with Gasteiger partial charge in [-0.05, 0) is 49.1 Å². The second-order valence-electron chi connectivity index (χ2n) is 6.70. The van der Waals surface area contributed by atoms with Crippen LogP contribution in [0, 0.1) is 0 Å². The summed E-state index contributed by atoms with van der Waals surface area (Å²) >= 11 is 1.61. The maximum absolute atomic E-state index is 12.0. The van der Waals surface area contributed by atoms with Crippen LogP contribution in [0.25, 0.3) is 10.6 Å². The molecule has 0 radical (unpaired) electrons. The third kappa shape index (κ3) is 4.03. The van der Waals surface area contributed by atoms with Crippen LogP contribution in [-0.2, 0) is 17.8 Å². The van der Waals surface area contributed by atoms with Gasteiger partial charge in [-0.25, -0.2) is 4.98 Å². The van der Waals surface area contributed by atoms with E-state index in [-0.39, 0.29) is 5.91 Å². The van der Waals surface area contributed by atoms with Crippen molar-refractivity contribution in [2.45, 2.75) is 32.8 Å². The average molecular weight is 378 g/mol. The number of ether oxygens (including phenoxy) is 1. The number of benzene rings is 2. The van der Waals surface area contributed by atoms with Crippen molar-refractivity contribution in [3.8, 4) is 16.3 Å². The number of hydrogen-bond acceptors (Lipinski definition) is 4. The largest absolute Gasteiger partial charge is 0.489 e. The molecule has 5 heteroatoms. The summed E-state index contributed by atoms with van der Waals surface area (Å²) in [5, 5.41) is 1.97. The first-order valence-corrected chi connectivity index (χ1v) is 10.1. The van der Waals surface area contributed by atoms with E-state index in [9.17, 15) is 4.79 Å². The minimum absolute atomic E-state index is 0.0954. The predicted octanol–water partition coefficient (Wildman–Crippen LogP) is 5.08. The summed E-state index contributed by atoms with van der Waals surface area (Å²) in [6, 6.07) is 18.2. The van der Waals surface area contributed by atoms with Gasteiger partial charge in [-0.2, -0.15) is 0 Å². The van der Waals surface area contributed by atoms with Crippen LogP contribution in [0.5, 0.6) is 5.75 Å². The van der Waals surface area contributed by atoms with Crippen molar-refractivity contribution in [2.75, 3.05) is 11.4 Å². The molecule has 4 rings (SSSR count). The van der Waals surface area contributed by atoms with E-state index in [4.69, 9.17) is 9.72 Å². The number of amides is 1. The Labute approximate surface area is 163 Å². The molecule has 2 heterocycles. The summed E-state index contributed by atoms with van der Waals surface area (Å²) in [5.41, 5.74) is 3.25. The van der Waals surface area contributed by atoms with Crippen LogP contribution in [-0.4, -0.2) is 17.4 Å². The number of hydrogen-bond donors (Lipinski definition) is 0. The maximum atomic E-state index is 12.0. The number of thiazole rings is 1. The van der Waals surface area contributed by atoms with Crippen molar-refractivity contribution in [2.24, 2.45) is 0 Å². The van der Waals surface area contributed by atoms with E-state index in [1.807, 2.05) is 47.4 Å². The number of nitrogens with zero attached hydrogens (tertiary/aromatic N) is 2. The summed E-state index contributed by atoms with van der Waals surface area (Å²) in [6.45, 7) is 2.98. The number of carbonyl (C=O) groups excluding carboxylic acids is 1. The summed E-state index contributed by atoms with van der Waals surface area (Å²) in [7, 11) is 0. The number of anilines is 1. The summed E-state index contributed by atoms with van der Waals surface area (Å²) in [6.07, 6.45) is 3.05. The highest BCUT2D eigenvalue weighted by molar-refractivity contribution is 7.19. The molecule has 1 aliphatic rings. The highest BCUT2D eigenvalue weighted by Crippen LogP contribution is 2.37. The van der Waals surface area contributed by atoms with E-state index >= 15 is 0 Å². The molecule has 2 aromatic carbocycles. The Bertz CT molecular complexity index is 919. The Kier molecular flexibility index (Phi) is 5.21. The first-order valence-electron chi connectivity index (χ1n) is 9.25. The number of rotatable bonds is 4. The Hall–Kier alpha value is -2.66. The van der Waals surface area contributed by atoms with Gasteiger partial charge in [0.15, 0.2) is 0 Å². The highest BCUT2D eigenvalue weighted by Gasteiger charge is 2.23. The second kappa shape index (κ2) is 7.92. The Morgan fingerprint density at radius 3 is 2.63 bits per heavy atom. The van der Waals surface area contributed by atoms with E-state index in [0.29, 0.717) is 6.61 Å². The molecule has 1 amide bonds. The Morgan fingerprint density at radius 1 is 1.11 bits per heavy atom. The number of fused-ring (bicyclic) bond motifs is 1. The lowest BCUT2D eigenvalue weighted by molar-refractivity contribution is -0.116. The van der Waals surface area contributed by atoms with Gasteiger partial charge >= 0.3 is 0 Å². The molecule has 0 atom stereocenters. The SMILES string of the molecule is CC(=O)N1CCCCc2nc(-c3ccc(OCc4ccccc4)cc3)sc21. The monoisotopic (exact) mass is 378 g/mol. The zero-order valence-corrected chi connectivity index (χ0v) is 16.2. The molecule has 0 fully saturated rings. The van der Waals surface area contributed by atoms with Crippen molar-refractivity contribution in [3.05, 3.63) is 65.9 Å². The maximum Gasteiger partial charge on any atom is 0.224 e. The van der Waals surface area contributed by atoms with Crippen molar-refractivity contribution < 1.29 is 9.53 Å². The number of aromatic nitrogens is 1. The van der Waals surface area contributed by atoms with Crippen molar-refractivity contribution in [1.82, 2.24) is 4.98 Å². The van der Waals surface area contributed by atoms with Crippen LogP contribution in [0.1, 0.15) is 31.0 Å². The summed E-state index contributed by atoms with van der Waals surface area (Å²) < 4.78 is 5.86. The fourth-order valence-corrected chi connectivity index (χ4v) is 4.43. The molecule has 0 aliphatic carbocycles. The van der Waals surface area contributed by atoms with Gasteiger partial charge in [0.2, 0.25) is 5.91 Å². The van der Waals surface area contributed by atoms with Crippen LogP contribution in [0.15, 0.2) is 54.6 Å². The minimum Gasteiger partial charge on any atom is -0.489 e. The average Bonchev–Trinajstić information content (AvgIpc) is 3.01. The van der Waals surface area contributed by atoms with E-state index in [0.717, 1.165) is 58.4 Å². The van der Waals surface area contributed by atoms with Gasteiger partial charge in [0, 0.05) is 19.0 Å². The van der Waals surface area contributed by atoms with Crippen LogP contribution < -0.4 is 9.64 Å². The molecule has 0 N–H and O–H groups in total. The topological polar surface area (TPSA) is 42.4 Å². The van der Waals surface area contributed by atoms with Crippen molar-refractivity contribution in [3.63, 3.8) is 0 Å². The predicted molar refractivity (Wildman–Crippen MR) is 109 cm³/mol. The van der Waals surface area contributed by atoms with Gasteiger partial charge in [-0.1, -0.05) is 41.7 Å². The van der Waals surface area contributed by atoms with Crippen LogP contribution in [0.2, 0.25) is 0 Å². The third-order valence-corrected chi connectivity index (χ3v) is 5.87. The molecule has 27 heavy (non-hydrogen) atoms. The lowest BCUT2D eigenvalue weighted by Crippen LogP contribution is -2.28. The fraction of sp³-hybridized carbons (Fsp3) is 0.273. The molecule has 138 valence electrons. The molecule has 1 aliphatic heterocycles. The van der Waals surface area contributed by atoms with E-state index in [1.165, 1.54) is 0 Å². The van der Waals surface area contributed by atoms with Crippen LogP contribution >= 0.6 is 11.3 Å². The Balaban J connectivity index is 1.51. The molecule has 0 bridgehead atoms. The van der Waals surface area contributed by atoms with Gasteiger partial charge in [0.1, 0.15) is 22.4 Å². The molecule has 0 spiro atoms. The van der Waals surface area contributed by atoms with Crippen molar-refractivity contribution >= 4 is 22.2 Å². The summed E-state index contributed by atoms with van der Waals surface area (Å²) in [4.78, 5) is 18.7. The van der Waals surface area contributed by atoms with Gasteiger partial charge in [-0.15, -0.1) is 0 Å². The van der Waals surface area contributed by atoms with Gasteiger partial charge in [-0.3, -0.25) is 4.79 Å². The molecular formula is C22H22N2O2S. The van der Waals surface area contributed by atoms with Crippen molar-refractivity contribution in [1.29, 1.82) is 0 Å². The van der Waals surface area contributed by atoms with Gasteiger partial charge in [0.25, 0.3) is 0 Å². The van der Waals surface area contributed by atoms with E-state index in [1.54, 1.807) is 18.3 Å². The lowest BCUT2D eigenvalue weighted by atomic mass is 10.2. The van der Waals surface area contributed by atoms with Crippen LogP contribution in [0.4, 0.5) is 5.00 Å². The molecular weight excluding hydrogens is 356 g/mol. The second-order valence-corrected chi connectivity index (χ2v) is 7.67. The van der Waals surface area contributed by atoms with Gasteiger partial charge in [0.05, 0.1) is 5.69 Å². The molecule has 0 saturated carbocycles. The molecule has 4 nitrogen and oxygen atoms in total. The third-order valence-electron chi connectivity index (χ3n) is 4.70. The van der Waals surface area contributed by atoms with E-state index < -0.39 is 0 Å². The zero-order chi connectivity index (χ0) is 18.6. The highest BCUT2D eigenvalue weighted by atomic mass is 32.1. The van der Waals surface area contributed by atoms with Crippen LogP contribution in [0.3, 0.4) is 0 Å². The van der Waals surface area contributed by atoms with Gasteiger partial charge < -0.3 is 9.64 Å². The lowest BCUT2D eigenvalue weighted by Gasteiger charge is -2.17. The smallest absolute Gasteiger partial charge is 0.224 e. The number of aryl methyl sites for hydroxylation is 1. The Morgan fingerprint density at radius 2 is 1.89 bits per heavy atom. The molecule has 1 aromatic heterocycles. The standard InChI is InChI=1S/C22H22N2O2S/c1-16(25)24-14-6-5-9-20-22(24)27-21(23-20)18-10-12-19(13-11-18)26-15-17-7-3-2-4-8-17/h2-4,7-8,10-13H,5-6,9,14-15H2,1H3. The minimum atomic E-state index is 0.0954. The molecule has 0 saturated heterocycles. The quantitative estimate of drug-likeness (QED) is 0.636. The first kappa shape index (κ1) is 17.7. The van der Waals surface area contributed by atoms with E-state index in [2.05, 4.69) is 12.1 Å². The summed E-state index contributed by atoms with van der Waals surface area (Å²) in [5.74, 6) is 0.934. The zero-order valence-electron chi connectivity index (χ0n) is 15.4. The fourth-order valence-electron chi connectivity index (χ4n) is 3.24.